The lowest BCUT2D eigenvalue weighted by molar-refractivity contribution is -0.157. The second-order valence-electron chi connectivity index (χ2n) is 11.8. The molecular weight excluding hydrogens is 439 g/mol. The molecule has 5 aliphatic rings. The molecule has 4 bridgehead atoms. The molecule has 4 saturated carbocycles. The first-order chi connectivity index (χ1) is 16.9. The quantitative estimate of drug-likeness (QED) is 0.618. The molecule has 5 nitrogen and oxygen atoms in total. The van der Waals surface area contributed by atoms with Gasteiger partial charge in [0, 0.05) is 43.9 Å². The standard InChI is InChI=1S/C29H37FN4O/c1-19-26(15-21-5-3-6-25(30)14-21)27(32-20(2)31-19)33-7-4-8-34(10-9-33)28(35)29-16-22-11-23(17-29)13-24(12-22)18-29/h3,5-6,14,22-24H,4,7-13,15-18H2,1-2H3. The molecule has 1 amide bonds. The Bertz CT molecular complexity index is 1100. The number of amides is 1. The maximum atomic E-state index is 13.9. The van der Waals surface area contributed by atoms with E-state index >= 15 is 0 Å². The van der Waals surface area contributed by atoms with Crippen LogP contribution in [-0.2, 0) is 11.2 Å². The number of hydrogen-bond acceptors (Lipinski definition) is 4. The average molecular weight is 477 g/mol. The maximum Gasteiger partial charge on any atom is 0.228 e. The van der Waals surface area contributed by atoms with Crippen molar-refractivity contribution >= 4 is 11.7 Å². The molecule has 7 rings (SSSR count). The van der Waals surface area contributed by atoms with E-state index in [0.29, 0.717) is 12.3 Å². The summed E-state index contributed by atoms with van der Waals surface area (Å²) in [6.45, 7) is 7.19. The van der Waals surface area contributed by atoms with Gasteiger partial charge in [-0.05, 0) is 94.2 Å². The Kier molecular flexibility index (Phi) is 5.81. The zero-order valence-corrected chi connectivity index (χ0v) is 21.1. The van der Waals surface area contributed by atoms with Crippen LogP contribution in [0.15, 0.2) is 24.3 Å². The summed E-state index contributed by atoms with van der Waals surface area (Å²) in [6.07, 6.45) is 9.01. The molecule has 1 aromatic carbocycles. The summed E-state index contributed by atoms with van der Waals surface area (Å²) >= 11 is 0. The monoisotopic (exact) mass is 476 g/mol. The van der Waals surface area contributed by atoms with E-state index < -0.39 is 0 Å². The first-order valence-corrected chi connectivity index (χ1v) is 13.5. The van der Waals surface area contributed by atoms with E-state index in [9.17, 15) is 9.18 Å². The minimum absolute atomic E-state index is 0.0748. The van der Waals surface area contributed by atoms with Crippen molar-refractivity contribution in [1.29, 1.82) is 0 Å². The van der Waals surface area contributed by atoms with Crippen LogP contribution in [0.3, 0.4) is 0 Å². The summed E-state index contributed by atoms with van der Waals surface area (Å²) in [6, 6.07) is 6.79. The number of carbonyl (C=O) groups is 1. The molecule has 2 heterocycles. The molecule has 1 aromatic heterocycles. The molecule has 0 N–H and O–H groups in total. The van der Waals surface area contributed by atoms with Crippen LogP contribution in [0.1, 0.15) is 67.6 Å². The van der Waals surface area contributed by atoms with Crippen molar-refractivity contribution in [3.8, 4) is 0 Å². The van der Waals surface area contributed by atoms with Gasteiger partial charge in [-0.3, -0.25) is 4.79 Å². The molecule has 4 aliphatic carbocycles. The van der Waals surface area contributed by atoms with Crippen LogP contribution in [0.25, 0.3) is 0 Å². The van der Waals surface area contributed by atoms with Gasteiger partial charge in [-0.2, -0.15) is 0 Å². The van der Waals surface area contributed by atoms with Gasteiger partial charge in [-0.25, -0.2) is 14.4 Å². The number of halogens is 1. The van der Waals surface area contributed by atoms with Gasteiger partial charge in [0.25, 0.3) is 0 Å². The number of anilines is 1. The highest BCUT2D eigenvalue weighted by atomic mass is 19.1. The minimum atomic E-state index is -0.219. The maximum absolute atomic E-state index is 13.9. The van der Waals surface area contributed by atoms with E-state index in [-0.39, 0.29) is 11.2 Å². The highest BCUT2D eigenvalue weighted by Gasteiger charge is 2.55. The summed E-state index contributed by atoms with van der Waals surface area (Å²) in [7, 11) is 0. The zero-order chi connectivity index (χ0) is 24.2. The Hall–Kier alpha value is -2.50. The van der Waals surface area contributed by atoms with Crippen molar-refractivity contribution < 1.29 is 9.18 Å². The lowest BCUT2D eigenvalue weighted by Crippen LogP contribution is -2.55. The molecule has 0 spiro atoms. The van der Waals surface area contributed by atoms with E-state index in [1.165, 1.54) is 25.3 Å². The van der Waals surface area contributed by atoms with Crippen molar-refractivity contribution in [2.75, 3.05) is 31.1 Å². The third-order valence-electron chi connectivity index (χ3n) is 9.15. The Morgan fingerprint density at radius 3 is 2.40 bits per heavy atom. The summed E-state index contributed by atoms with van der Waals surface area (Å²) < 4.78 is 13.9. The molecule has 5 fully saturated rings. The van der Waals surface area contributed by atoms with E-state index in [0.717, 1.165) is 98.1 Å². The smallest absolute Gasteiger partial charge is 0.228 e. The third kappa shape index (κ3) is 4.34. The molecule has 0 radical (unpaired) electrons. The lowest BCUT2D eigenvalue weighted by atomic mass is 9.49. The van der Waals surface area contributed by atoms with Crippen LogP contribution < -0.4 is 4.90 Å². The van der Waals surface area contributed by atoms with Gasteiger partial charge in [0.15, 0.2) is 0 Å². The topological polar surface area (TPSA) is 49.3 Å². The molecule has 0 atom stereocenters. The molecular formula is C29H37FN4O. The van der Waals surface area contributed by atoms with Gasteiger partial charge < -0.3 is 9.80 Å². The minimum Gasteiger partial charge on any atom is -0.354 e. The highest BCUT2D eigenvalue weighted by Crippen LogP contribution is 2.60. The van der Waals surface area contributed by atoms with Gasteiger partial charge in [0.2, 0.25) is 5.91 Å². The van der Waals surface area contributed by atoms with Crippen LogP contribution >= 0.6 is 0 Å². The fraction of sp³-hybridized carbons (Fsp3) is 0.621. The second-order valence-corrected chi connectivity index (χ2v) is 11.8. The van der Waals surface area contributed by atoms with E-state index in [1.54, 1.807) is 12.1 Å². The molecule has 2 aromatic rings. The largest absolute Gasteiger partial charge is 0.354 e. The van der Waals surface area contributed by atoms with Crippen molar-refractivity contribution in [2.24, 2.45) is 23.2 Å². The van der Waals surface area contributed by atoms with Gasteiger partial charge in [0.05, 0.1) is 5.41 Å². The first kappa shape index (κ1) is 22.9. The lowest BCUT2D eigenvalue weighted by Gasteiger charge is -2.56. The Morgan fingerprint density at radius 1 is 1.00 bits per heavy atom. The SMILES string of the molecule is Cc1nc(C)c(Cc2cccc(F)c2)c(N2CCCN(C(=O)C34CC5CC(CC(C5)C3)C4)CC2)n1. The molecule has 6 heteroatoms. The Labute approximate surface area is 208 Å². The highest BCUT2D eigenvalue weighted by molar-refractivity contribution is 5.83. The summed E-state index contributed by atoms with van der Waals surface area (Å²) in [5.41, 5.74) is 2.86. The summed E-state index contributed by atoms with van der Waals surface area (Å²) in [5, 5.41) is 0. The molecule has 1 saturated heterocycles. The molecule has 186 valence electrons. The van der Waals surface area contributed by atoms with Crippen molar-refractivity contribution in [2.45, 2.75) is 65.2 Å². The fourth-order valence-corrected chi connectivity index (χ4v) is 8.08. The zero-order valence-electron chi connectivity index (χ0n) is 21.1. The number of aryl methyl sites for hydroxylation is 2. The van der Waals surface area contributed by atoms with Crippen molar-refractivity contribution in [1.82, 2.24) is 14.9 Å². The number of benzene rings is 1. The summed E-state index contributed by atoms with van der Waals surface area (Å²) in [5.74, 6) is 4.27. The molecule has 1 aliphatic heterocycles. The van der Waals surface area contributed by atoms with Crippen LogP contribution in [0, 0.1) is 42.8 Å². The van der Waals surface area contributed by atoms with E-state index in [1.807, 2.05) is 19.9 Å². The number of rotatable bonds is 4. The number of aromatic nitrogens is 2. The van der Waals surface area contributed by atoms with E-state index in [2.05, 4.69) is 14.8 Å². The number of hydrogen-bond donors (Lipinski definition) is 0. The van der Waals surface area contributed by atoms with Crippen LogP contribution in [0.5, 0.6) is 0 Å². The first-order valence-electron chi connectivity index (χ1n) is 13.5. The van der Waals surface area contributed by atoms with Crippen molar-refractivity contribution in [3.05, 3.63) is 52.7 Å². The molecule has 0 unspecified atom stereocenters. The Balaban J connectivity index is 1.21. The predicted molar refractivity (Wildman–Crippen MR) is 135 cm³/mol. The van der Waals surface area contributed by atoms with Gasteiger partial charge in [0.1, 0.15) is 17.5 Å². The molecule has 35 heavy (non-hydrogen) atoms. The Morgan fingerprint density at radius 2 is 1.71 bits per heavy atom. The normalized spacial score (nSPS) is 30.0. The predicted octanol–water partition coefficient (Wildman–Crippen LogP) is 5.08. The van der Waals surface area contributed by atoms with Gasteiger partial charge in [-0.1, -0.05) is 12.1 Å². The van der Waals surface area contributed by atoms with Crippen molar-refractivity contribution in [3.63, 3.8) is 0 Å². The number of carbonyl (C=O) groups excluding carboxylic acids is 1. The number of nitrogens with zero attached hydrogens (tertiary/aromatic N) is 4. The van der Waals surface area contributed by atoms with Crippen LogP contribution in [0.2, 0.25) is 0 Å². The third-order valence-corrected chi connectivity index (χ3v) is 9.15. The van der Waals surface area contributed by atoms with Crippen LogP contribution in [0.4, 0.5) is 10.2 Å². The second kappa shape index (κ2) is 8.86. The van der Waals surface area contributed by atoms with Gasteiger partial charge in [-0.15, -0.1) is 0 Å². The summed E-state index contributed by atoms with van der Waals surface area (Å²) in [4.78, 5) is 27.9. The van der Waals surface area contributed by atoms with E-state index in [4.69, 9.17) is 4.98 Å². The fourth-order valence-electron chi connectivity index (χ4n) is 8.08. The van der Waals surface area contributed by atoms with Gasteiger partial charge >= 0.3 is 0 Å². The average Bonchev–Trinajstić information content (AvgIpc) is 3.05. The van der Waals surface area contributed by atoms with Crippen LogP contribution in [-0.4, -0.2) is 47.0 Å².